The molecule has 0 aliphatic carbocycles. The zero-order valence-electron chi connectivity index (χ0n) is 8.75. The molecule has 0 aromatic carbocycles. The fourth-order valence-corrected chi connectivity index (χ4v) is 0.734. The summed E-state index contributed by atoms with van der Waals surface area (Å²) in [6.45, 7) is 4.23. The van der Waals surface area contributed by atoms with Gasteiger partial charge in [-0.25, -0.2) is 4.79 Å². The van der Waals surface area contributed by atoms with Gasteiger partial charge >= 0.3 is 6.09 Å². The zero-order valence-corrected chi connectivity index (χ0v) is 8.75. The summed E-state index contributed by atoms with van der Waals surface area (Å²) in [5.74, 6) is -0.223. The highest BCUT2D eigenvalue weighted by Gasteiger charge is 2.00. The molecule has 0 aliphatic rings. The third kappa shape index (κ3) is 8.76. The molecule has 0 spiro atoms. The highest BCUT2D eigenvalue weighted by molar-refractivity contribution is 5.77. The van der Waals surface area contributed by atoms with E-state index in [-0.39, 0.29) is 19.1 Å². The lowest BCUT2D eigenvalue weighted by atomic mass is 10.5. The maximum Gasteiger partial charge on any atom is 0.407 e. The molecule has 86 valence electrons. The van der Waals surface area contributed by atoms with E-state index in [4.69, 9.17) is 0 Å². The Morgan fingerprint density at radius 1 is 1.33 bits per heavy atom. The van der Waals surface area contributed by atoms with Gasteiger partial charge in [0.1, 0.15) is 13.2 Å². The van der Waals surface area contributed by atoms with Gasteiger partial charge in [0.15, 0.2) is 0 Å². The van der Waals surface area contributed by atoms with Gasteiger partial charge in [-0.05, 0) is 0 Å². The number of hydrogen-bond acceptors (Lipinski definition) is 4. The Morgan fingerprint density at radius 2 is 2.00 bits per heavy atom. The van der Waals surface area contributed by atoms with Gasteiger partial charge in [-0.1, -0.05) is 12.7 Å². The minimum Gasteiger partial charge on any atom is -0.445 e. The molecule has 0 fully saturated rings. The molecular weight excluding hydrogens is 200 g/mol. The molecule has 0 bridgehead atoms. The van der Waals surface area contributed by atoms with E-state index in [2.05, 4.69) is 26.7 Å². The van der Waals surface area contributed by atoms with Crippen molar-refractivity contribution in [3.8, 4) is 0 Å². The number of amides is 2. The van der Waals surface area contributed by atoms with Crippen LogP contribution in [0.4, 0.5) is 4.79 Å². The maximum atomic E-state index is 10.9. The van der Waals surface area contributed by atoms with E-state index in [1.54, 1.807) is 0 Å². The first-order valence-corrected chi connectivity index (χ1v) is 4.48. The third-order valence-electron chi connectivity index (χ3n) is 1.32. The fourth-order valence-electron chi connectivity index (χ4n) is 0.734. The Morgan fingerprint density at radius 3 is 2.60 bits per heavy atom. The first kappa shape index (κ1) is 13.4. The first-order valence-electron chi connectivity index (χ1n) is 4.48. The molecule has 0 radical (unpaired) electrons. The van der Waals surface area contributed by atoms with Gasteiger partial charge in [0, 0.05) is 20.2 Å². The molecule has 2 N–H and O–H groups in total. The van der Waals surface area contributed by atoms with Crippen LogP contribution in [0.1, 0.15) is 0 Å². The van der Waals surface area contributed by atoms with Gasteiger partial charge in [0.05, 0.1) is 0 Å². The summed E-state index contributed by atoms with van der Waals surface area (Å²) in [4.78, 5) is 21.7. The summed E-state index contributed by atoms with van der Waals surface area (Å²) in [5, 5.41) is 4.99. The van der Waals surface area contributed by atoms with Crippen LogP contribution in [0.15, 0.2) is 12.7 Å². The average Bonchev–Trinajstić information content (AvgIpc) is 2.22. The quantitative estimate of drug-likeness (QED) is 0.451. The van der Waals surface area contributed by atoms with Gasteiger partial charge in [-0.2, -0.15) is 0 Å². The van der Waals surface area contributed by atoms with Crippen LogP contribution in [0.3, 0.4) is 0 Å². The number of hydrogen-bond donors (Lipinski definition) is 2. The Hall–Kier alpha value is -1.56. The van der Waals surface area contributed by atoms with Crippen molar-refractivity contribution in [3.05, 3.63) is 12.7 Å². The van der Waals surface area contributed by atoms with E-state index in [1.165, 1.54) is 13.2 Å². The van der Waals surface area contributed by atoms with E-state index in [1.807, 2.05) is 0 Å². The number of nitrogens with one attached hydrogen (secondary N) is 2. The van der Waals surface area contributed by atoms with Crippen molar-refractivity contribution in [1.29, 1.82) is 0 Å². The summed E-state index contributed by atoms with van der Waals surface area (Å²) < 4.78 is 9.24. The number of rotatable bonds is 7. The SMILES string of the molecule is C=CCOC(=O)NCCNC(=O)COC. The average molecular weight is 216 g/mol. The molecule has 6 nitrogen and oxygen atoms in total. The van der Waals surface area contributed by atoms with Crippen molar-refractivity contribution in [1.82, 2.24) is 10.6 Å². The van der Waals surface area contributed by atoms with E-state index in [0.29, 0.717) is 13.1 Å². The lowest BCUT2D eigenvalue weighted by molar-refractivity contribution is -0.124. The molecule has 6 heteroatoms. The Kier molecular flexibility index (Phi) is 8.08. The monoisotopic (exact) mass is 216 g/mol. The van der Waals surface area contributed by atoms with Crippen molar-refractivity contribution >= 4 is 12.0 Å². The highest BCUT2D eigenvalue weighted by Crippen LogP contribution is 1.77. The fraction of sp³-hybridized carbons (Fsp3) is 0.556. The van der Waals surface area contributed by atoms with Crippen LogP contribution in [-0.2, 0) is 14.3 Å². The first-order chi connectivity index (χ1) is 7.20. The summed E-state index contributed by atoms with van der Waals surface area (Å²) in [5.41, 5.74) is 0. The standard InChI is InChI=1S/C9H16N2O4/c1-3-6-15-9(13)11-5-4-10-8(12)7-14-2/h3H,1,4-7H2,2H3,(H,10,12)(H,11,13). The molecule has 15 heavy (non-hydrogen) atoms. The molecule has 0 saturated carbocycles. The molecule has 0 unspecified atom stereocenters. The Balaban J connectivity index is 3.33. The van der Waals surface area contributed by atoms with Gasteiger partial charge in [0.25, 0.3) is 0 Å². The number of methoxy groups -OCH3 is 1. The van der Waals surface area contributed by atoms with Gasteiger partial charge in [0.2, 0.25) is 5.91 Å². The number of alkyl carbamates (subject to hydrolysis) is 1. The van der Waals surface area contributed by atoms with Crippen molar-refractivity contribution in [2.75, 3.05) is 33.4 Å². The van der Waals surface area contributed by atoms with E-state index < -0.39 is 6.09 Å². The third-order valence-corrected chi connectivity index (χ3v) is 1.32. The lowest BCUT2D eigenvalue weighted by Gasteiger charge is -2.06. The van der Waals surface area contributed by atoms with Crippen LogP contribution in [0.2, 0.25) is 0 Å². The van der Waals surface area contributed by atoms with Crippen LogP contribution < -0.4 is 10.6 Å². The van der Waals surface area contributed by atoms with E-state index >= 15 is 0 Å². The van der Waals surface area contributed by atoms with Crippen LogP contribution in [0, 0.1) is 0 Å². The highest BCUT2D eigenvalue weighted by atomic mass is 16.5. The minimum absolute atomic E-state index is 0.0148. The van der Waals surface area contributed by atoms with Crippen molar-refractivity contribution in [2.45, 2.75) is 0 Å². The molecular formula is C9H16N2O4. The van der Waals surface area contributed by atoms with E-state index in [0.717, 1.165) is 0 Å². The van der Waals surface area contributed by atoms with Crippen molar-refractivity contribution in [3.63, 3.8) is 0 Å². The zero-order chi connectivity index (χ0) is 11.5. The largest absolute Gasteiger partial charge is 0.445 e. The molecule has 0 aromatic rings. The Labute approximate surface area is 88.6 Å². The molecule has 2 amide bonds. The summed E-state index contributed by atoms with van der Waals surface area (Å²) in [7, 11) is 1.43. The molecule has 0 heterocycles. The topological polar surface area (TPSA) is 76.7 Å². The second kappa shape index (κ2) is 9.01. The molecule has 0 atom stereocenters. The summed E-state index contributed by atoms with van der Waals surface area (Å²) in [6, 6.07) is 0. The van der Waals surface area contributed by atoms with Crippen LogP contribution in [-0.4, -0.2) is 45.4 Å². The van der Waals surface area contributed by atoms with Crippen LogP contribution >= 0.6 is 0 Å². The lowest BCUT2D eigenvalue weighted by Crippen LogP contribution is -2.36. The number of carbonyl (C=O) groups excluding carboxylic acids is 2. The second-order valence-corrected chi connectivity index (χ2v) is 2.60. The normalized spacial score (nSPS) is 9.13. The van der Waals surface area contributed by atoms with Crippen LogP contribution in [0.25, 0.3) is 0 Å². The second-order valence-electron chi connectivity index (χ2n) is 2.60. The molecule has 0 aliphatic heterocycles. The summed E-state index contributed by atoms with van der Waals surface area (Å²) in [6.07, 6.45) is 0.941. The predicted octanol–water partition coefficient (Wildman–Crippen LogP) is -0.339. The maximum absolute atomic E-state index is 10.9. The number of carbonyl (C=O) groups is 2. The van der Waals surface area contributed by atoms with Crippen LogP contribution in [0.5, 0.6) is 0 Å². The smallest absolute Gasteiger partial charge is 0.407 e. The molecule has 0 aromatic heterocycles. The molecule has 0 rings (SSSR count). The van der Waals surface area contributed by atoms with E-state index in [9.17, 15) is 9.59 Å². The van der Waals surface area contributed by atoms with Gasteiger partial charge < -0.3 is 20.1 Å². The van der Waals surface area contributed by atoms with Crippen molar-refractivity contribution < 1.29 is 19.1 Å². The van der Waals surface area contributed by atoms with Crippen molar-refractivity contribution in [2.24, 2.45) is 0 Å². The predicted molar refractivity (Wildman–Crippen MR) is 54.4 cm³/mol. The molecule has 0 saturated heterocycles. The van der Waals surface area contributed by atoms with Gasteiger partial charge in [-0.15, -0.1) is 0 Å². The Bertz CT molecular complexity index is 218. The van der Waals surface area contributed by atoms with Gasteiger partial charge in [-0.3, -0.25) is 4.79 Å². The summed E-state index contributed by atoms with van der Waals surface area (Å²) >= 11 is 0. The number of ether oxygens (including phenoxy) is 2. The minimum atomic E-state index is -0.532.